The Hall–Kier alpha value is -3.63. The van der Waals surface area contributed by atoms with Crippen LogP contribution in [0.25, 0.3) is 11.0 Å². The largest absolute Gasteiger partial charge is 0.497 e. The number of benzene rings is 1. The van der Waals surface area contributed by atoms with E-state index in [1.54, 1.807) is 12.0 Å². The van der Waals surface area contributed by atoms with Crippen LogP contribution in [0.3, 0.4) is 0 Å². The molecule has 1 aromatic heterocycles. The summed E-state index contributed by atoms with van der Waals surface area (Å²) in [6, 6.07) is 3.83. The average molecular weight is 651 g/mol. The predicted octanol–water partition coefficient (Wildman–Crippen LogP) is 5.75. The normalized spacial score (nSPS) is 29.8. The molecule has 11 heteroatoms. The Morgan fingerprint density at radius 3 is 2.51 bits per heavy atom. The van der Waals surface area contributed by atoms with Gasteiger partial charge in [-0.2, -0.15) is 0 Å². The summed E-state index contributed by atoms with van der Waals surface area (Å²) in [5, 5.41) is 2.98. The van der Waals surface area contributed by atoms with Gasteiger partial charge in [0.15, 0.2) is 0 Å². The maximum absolute atomic E-state index is 14.7. The van der Waals surface area contributed by atoms with Gasteiger partial charge >= 0.3 is 12.1 Å². The van der Waals surface area contributed by atoms with Gasteiger partial charge in [-0.15, -0.1) is 0 Å². The second-order valence-electron chi connectivity index (χ2n) is 15.3. The number of alkyl carbamates (subject to hydrolysis) is 1. The van der Waals surface area contributed by atoms with Crippen molar-refractivity contribution in [1.29, 1.82) is 0 Å². The van der Waals surface area contributed by atoms with Crippen LogP contribution in [0.5, 0.6) is 11.6 Å². The van der Waals surface area contributed by atoms with Crippen LogP contribution in [0.2, 0.25) is 0 Å². The zero-order chi connectivity index (χ0) is 33.5. The van der Waals surface area contributed by atoms with Crippen LogP contribution < -0.4 is 14.8 Å². The molecule has 6 rings (SSSR count). The Morgan fingerprint density at radius 2 is 1.79 bits per heavy atom. The molecule has 1 aromatic carbocycles. The quantitative estimate of drug-likeness (QED) is 0.413. The molecule has 2 amide bonds. The van der Waals surface area contributed by atoms with Gasteiger partial charge in [-0.1, -0.05) is 39.5 Å². The fraction of sp³-hybridized carbons (Fsp3) is 0.694. The van der Waals surface area contributed by atoms with E-state index in [1.807, 2.05) is 45.9 Å². The molecule has 2 aromatic rings. The number of methoxy groups -OCH3 is 1. The molecule has 3 heterocycles. The molecule has 256 valence electrons. The minimum absolute atomic E-state index is 0.130. The monoisotopic (exact) mass is 650 g/mol. The highest BCUT2D eigenvalue weighted by molar-refractivity contribution is 5.91. The van der Waals surface area contributed by atoms with E-state index in [0.29, 0.717) is 29.5 Å². The van der Waals surface area contributed by atoms with Gasteiger partial charge in [0.1, 0.15) is 41.3 Å². The van der Waals surface area contributed by atoms with Crippen molar-refractivity contribution in [1.82, 2.24) is 20.2 Å². The van der Waals surface area contributed by atoms with Crippen LogP contribution in [0.15, 0.2) is 18.2 Å². The molecule has 4 aliphatic rings. The second-order valence-corrected chi connectivity index (χ2v) is 15.3. The Labute approximate surface area is 277 Å². The van der Waals surface area contributed by atoms with E-state index in [9.17, 15) is 14.4 Å². The van der Waals surface area contributed by atoms with Crippen LogP contribution in [-0.4, -0.2) is 76.4 Å². The molecule has 2 aliphatic heterocycles. The Balaban J connectivity index is 1.39. The lowest BCUT2D eigenvalue weighted by molar-refractivity contribution is -0.165. The first-order valence-corrected chi connectivity index (χ1v) is 17.4. The van der Waals surface area contributed by atoms with E-state index in [-0.39, 0.29) is 18.6 Å². The number of aryl methyl sites for hydroxylation is 1. The van der Waals surface area contributed by atoms with E-state index in [1.165, 1.54) is 0 Å². The molecule has 2 bridgehead atoms. The molecule has 0 radical (unpaired) electrons. The van der Waals surface area contributed by atoms with Crippen LogP contribution in [0.4, 0.5) is 4.79 Å². The highest BCUT2D eigenvalue weighted by Crippen LogP contribution is 2.43. The summed E-state index contributed by atoms with van der Waals surface area (Å²) in [6.07, 6.45) is 7.66. The van der Waals surface area contributed by atoms with Crippen LogP contribution in [0.1, 0.15) is 98.1 Å². The maximum atomic E-state index is 14.7. The fourth-order valence-corrected chi connectivity index (χ4v) is 7.62. The highest BCUT2D eigenvalue weighted by Gasteiger charge is 2.53. The summed E-state index contributed by atoms with van der Waals surface area (Å²) < 4.78 is 23.8. The van der Waals surface area contributed by atoms with Gasteiger partial charge in [0.2, 0.25) is 11.8 Å². The maximum Gasteiger partial charge on any atom is 0.408 e. The van der Waals surface area contributed by atoms with Crippen LogP contribution in [0, 0.1) is 17.3 Å². The molecular weight excluding hydrogens is 600 g/mol. The first-order valence-electron chi connectivity index (χ1n) is 17.4. The number of fused-ring (bicyclic) bond motifs is 5. The van der Waals surface area contributed by atoms with Crippen LogP contribution >= 0.6 is 0 Å². The van der Waals surface area contributed by atoms with Gasteiger partial charge in [0.25, 0.3) is 0 Å². The smallest absolute Gasteiger partial charge is 0.408 e. The van der Waals surface area contributed by atoms with Gasteiger partial charge in [-0.3, -0.25) is 4.79 Å². The number of carbonyl (C=O) groups excluding carboxylic acids is 3. The van der Waals surface area contributed by atoms with Gasteiger partial charge in [-0.25, -0.2) is 19.6 Å². The Bertz CT molecular complexity index is 1500. The van der Waals surface area contributed by atoms with E-state index in [2.05, 4.69) is 12.2 Å². The molecule has 2 saturated carbocycles. The summed E-state index contributed by atoms with van der Waals surface area (Å²) >= 11 is 0. The molecule has 3 fully saturated rings. The van der Waals surface area contributed by atoms with Crippen LogP contribution in [-0.2, 0) is 25.5 Å². The second kappa shape index (κ2) is 13.1. The van der Waals surface area contributed by atoms with Gasteiger partial charge in [0, 0.05) is 12.0 Å². The van der Waals surface area contributed by atoms with E-state index in [4.69, 9.17) is 28.9 Å². The van der Waals surface area contributed by atoms with Crippen molar-refractivity contribution in [2.45, 2.75) is 129 Å². The third-order valence-corrected chi connectivity index (χ3v) is 10.5. The van der Waals surface area contributed by atoms with Crippen molar-refractivity contribution in [2.24, 2.45) is 17.3 Å². The number of esters is 1. The fourth-order valence-electron chi connectivity index (χ4n) is 7.62. The number of amides is 2. The lowest BCUT2D eigenvalue weighted by atomic mass is 9.79. The predicted molar refractivity (Wildman–Crippen MR) is 175 cm³/mol. The van der Waals surface area contributed by atoms with Gasteiger partial charge in [0.05, 0.1) is 24.7 Å². The zero-order valence-electron chi connectivity index (χ0n) is 28.7. The van der Waals surface area contributed by atoms with E-state index >= 15 is 0 Å². The minimum Gasteiger partial charge on any atom is -0.497 e. The molecular formula is C36H50N4O7. The molecule has 47 heavy (non-hydrogen) atoms. The number of hydrogen-bond donors (Lipinski definition) is 1. The lowest BCUT2D eigenvalue weighted by Crippen LogP contribution is -2.58. The van der Waals surface area contributed by atoms with Crippen molar-refractivity contribution in [3.63, 3.8) is 0 Å². The average Bonchev–Trinajstić information content (AvgIpc) is 3.43. The van der Waals surface area contributed by atoms with Crippen molar-refractivity contribution >= 4 is 29.0 Å². The van der Waals surface area contributed by atoms with E-state index in [0.717, 1.165) is 69.0 Å². The standard InChI is InChI=1S/C36H50N4O7/c1-21-28-20-40(29(21)33(42)47-35(2,3)4)32(41)30(36(5)16-10-11-17-36)39-34(43)46-27-18-22(27)12-8-7-9-13-25-31(45-28)38-26-19-23(44-6)14-15-24(26)37-25/h14-15,19,21-22,27-30H,7-13,16-18,20H2,1-6H3,(H,39,43)/t21-,22-,27-,28+,29+,30-/m1/s1. The topological polar surface area (TPSA) is 129 Å². The molecule has 11 nitrogen and oxygen atoms in total. The molecule has 2 aliphatic carbocycles. The summed E-state index contributed by atoms with van der Waals surface area (Å²) in [5.74, 6) is 0.166. The number of nitrogens with one attached hydrogen (secondary N) is 1. The highest BCUT2D eigenvalue weighted by atomic mass is 16.6. The molecule has 6 atom stereocenters. The van der Waals surface area contributed by atoms with Crippen molar-refractivity contribution in [3.8, 4) is 11.6 Å². The Morgan fingerprint density at radius 1 is 1.02 bits per heavy atom. The third kappa shape index (κ3) is 7.28. The summed E-state index contributed by atoms with van der Waals surface area (Å²) in [5.41, 5.74) is 0.915. The molecule has 1 saturated heterocycles. The summed E-state index contributed by atoms with van der Waals surface area (Å²) in [4.78, 5) is 53.3. The summed E-state index contributed by atoms with van der Waals surface area (Å²) in [6.45, 7) is 9.53. The number of aromatic nitrogens is 2. The molecule has 0 unspecified atom stereocenters. The Kier molecular flexibility index (Phi) is 9.28. The molecule has 1 N–H and O–H groups in total. The number of carbonyl (C=O) groups is 3. The first kappa shape index (κ1) is 33.3. The number of ether oxygens (including phenoxy) is 4. The van der Waals surface area contributed by atoms with E-state index < -0.39 is 47.2 Å². The lowest BCUT2D eigenvalue weighted by Gasteiger charge is -2.37. The van der Waals surface area contributed by atoms with Crippen molar-refractivity contribution in [3.05, 3.63) is 23.9 Å². The third-order valence-electron chi connectivity index (χ3n) is 10.5. The number of hydrogen-bond acceptors (Lipinski definition) is 9. The number of rotatable bonds is 3. The first-order chi connectivity index (χ1) is 22.3. The van der Waals surface area contributed by atoms with Crippen molar-refractivity contribution < 1.29 is 33.3 Å². The zero-order valence-corrected chi connectivity index (χ0v) is 28.7. The number of nitrogens with zero attached hydrogens (tertiary/aromatic N) is 3. The summed E-state index contributed by atoms with van der Waals surface area (Å²) in [7, 11) is 1.61. The van der Waals surface area contributed by atoms with Gasteiger partial charge < -0.3 is 29.2 Å². The SMILES string of the molecule is COc1ccc2nc3c(nc2c1)O[C@H]1CN(C(=O)[C@H](C2(C)CCCC2)NC(=O)O[C@@H]2C[C@H]2CCCCC3)[C@H](C(=O)OC(C)(C)C)[C@@H]1C. The van der Waals surface area contributed by atoms with Gasteiger partial charge in [-0.05, 0) is 82.8 Å². The molecule has 0 spiro atoms. The van der Waals surface area contributed by atoms with Crippen molar-refractivity contribution in [2.75, 3.05) is 13.7 Å². The minimum atomic E-state index is -0.913.